The lowest BCUT2D eigenvalue weighted by Crippen LogP contribution is -2.34. The van der Waals surface area contributed by atoms with Crippen molar-refractivity contribution in [1.82, 2.24) is 19.9 Å². The Labute approximate surface area is 190 Å². The first-order valence-electron chi connectivity index (χ1n) is 10.1. The maximum atomic E-state index is 13.5. The van der Waals surface area contributed by atoms with E-state index >= 15 is 0 Å². The van der Waals surface area contributed by atoms with Gasteiger partial charge in [-0.2, -0.15) is 0 Å². The Hall–Kier alpha value is -3.55. The highest BCUT2D eigenvalue weighted by Gasteiger charge is 2.17. The fourth-order valence-corrected chi connectivity index (χ4v) is 3.57. The summed E-state index contributed by atoms with van der Waals surface area (Å²) in [6, 6.07) is 16.3. The highest BCUT2D eigenvalue weighted by atomic mass is 35.5. The fraction of sp³-hybridized carbons (Fsp3) is 0.167. The quantitative estimate of drug-likeness (QED) is 0.505. The largest absolute Gasteiger partial charge is 0.314 e. The van der Waals surface area contributed by atoms with E-state index < -0.39 is 0 Å². The first-order chi connectivity index (χ1) is 15.4. The molecule has 4 aromatic rings. The molecule has 7 nitrogen and oxygen atoms in total. The molecule has 0 bridgehead atoms. The second-order valence-electron chi connectivity index (χ2n) is 7.46. The number of fused-ring (bicyclic) bond motifs is 1. The second-order valence-corrected chi connectivity index (χ2v) is 7.90. The van der Waals surface area contributed by atoms with Crippen molar-refractivity contribution in [2.24, 2.45) is 0 Å². The first kappa shape index (κ1) is 21.7. The van der Waals surface area contributed by atoms with Gasteiger partial charge in [-0.1, -0.05) is 23.2 Å². The minimum Gasteiger partial charge on any atom is -0.314 e. The van der Waals surface area contributed by atoms with Gasteiger partial charge in [0.2, 0.25) is 5.91 Å². The van der Waals surface area contributed by atoms with Crippen LogP contribution >= 0.6 is 11.6 Å². The third-order valence-electron chi connectivity index (χ3n) is 5.18. The topological polar surface area (TPSA) is 80.1 Å². The van der Waals surface area contributed by atoms with Gasteiger partial charge >= 0.3 is 0 Å². The molecule has 1 amide bonds. The van der Waals surface area contributed by atoms with Crippen LogP contribution in [0.1, 0.15) is 5.56 Å². The molecule has 0 unspecified atom stereocenters. The van der Waals surface area contributed by atoms with E-state index in [4.69, 9.17) is 16.6 Å². The van der Waals surface area contributed by atoms with Crippen molar-refractivity contribution in [2.45, 2.75) is 6.92 Å². The lowest BCUT2D eigenvalue weighted by atomic mass is 10.1. The third kappa shape index (κ3) is 4.12. The number of anilines is 1. The summed E-state index contributed by atoms with van der Waals surface area (Å²) in [7, 11) is 3.45. The van der Waals surface area contributed by atoms with Gasteiger partial charge in [-0.15, -0.1) is 0 Å². The molecule has 0 aliphatic heterocycles. The Balaban J connectivity index is 1.89. The molecule has 8 heteroatoms. The van der Waals surface area contributed by atoms with Gasteiger partial charge in [-0.25, -0.2) is 14.5 Å². The van der Waals surface area contributed by atoms with Gasteiger partial charge in [-0.05, 0) is 62.5 Å². The van der Waals surface area contributed by atoms with E-state index in [2.05, 4.69) is 10.3 Å². The molecule has 0 saturated carbocycles. The third-order valence-corrected chi connectivity index (χ3v) is 5.40. The van der Waals surface area contributed by atoms with Gasteiger partial charge in [0, 0.05) is 24.5 Å². The lowest BCUT2D eigenvalue weighted by molar-refractivity contribution is -0.117. The van der Waals surface area contributed by atoms with E-state index in [0.717, 1.165) is 16.8 Å². The van der Waals surface area contributed by atoms with Crippen LogP contribution in [0.4, 0.5) is 5.69 Å². The molecule has 2 heterocycles. The van der Waals surface area contributed by atoms with Crippen molar-refractivity contribution in [1.29, 1.82) is 0 Å². The zero-order valence-corrected chi connectivity index (χ0v) is 18.7. The van der Waals surface area contributed by atoms with Crippen molar-refractivity contribution >= 4 is 34.1 Å². The van der Waals surface area contributed by atoms with Crippen molar-refractivity contribution in [3.8, 4) is 17.2 Å². The number of rotatable bonds is 5. The number of carbonyl (C=O) groups is 1. The molecular weight excluding hydrogens is 426 g/mol. The molecule has 162 valence electrons. The normalized spacial score (nSPS) is 11.0. The van der Waals surface area contributed by atoms with Crippen LogP contribution in [0.25, 0.3) is 28.1 Å². The smallest absolute Gasteiger partial charge is 0.267 e. The summed E-state index contributed by atoms with van der Waals surface area (Å²) in [6.45, 7) is 2.17. The maximum Gasteiger partial charge on any atom is 0.267 e. The number of nitrogens with one attached hydrogen (secondary N) is 1. The molecule has 0 saturated heterocycles. The van der Waals surface area contributed by atoms with Gasteiger partial charge in [0.1, 0.15) is 11.6 Å². The number of aromatic nitrogens is 3. The van der Waals surface area contributed by atoms with Crippen LogP contribution in [0, 0.1) is 6.92 Å². The molecule has 32 heavy (non-hydrogen) atoms. The molecular formula is C24H22ClN5O2. The number of nitrogens with zero attached hydrogens (tertiary/aromatic N) is 4. The van der Waals surface area contributed by atoms with Crippen LogP contribution in [-0.4, -0.2) is 41.1 Å². The van der Waals surface area contributed by atoms with Crippen LogP contribution < -0.4 is 15.8 Å². The molecule has 0 fully saturated rings. The number of aryl methyl sites for hydroxylation is 1. The SMILES string of the molecule is CNCC(=O)N(C)c1ccc(-c2nc3ccc(C)cc3c(=O)n2-c2ccc(Cl)cn2)cc1. The van der Waals surface area contributed by atoms with Crippen LogP contribution in [0.5, 0.6) is 0 Å². The molecule has 2 aromatic carbocycles. The van der Waals surface area contributed by atoms with Crippen LogP contribution in [0.15, 0.2) is 65.6 Å². The zero-order valence-electron chi connectivity index (χ0n) is 18.0. The standard InChI is InChI=1S/C24H22ClN5O2/c1-15-4-10-20-19(12-15)24(32)30(21-11-7-17(25)13-27-21)23(28-20)16-5-8-18(9-6-16)29(3)22(31)14-26-2/h4-13,26H,14H2,1-3H3. The summed E-state index contributed by atoms with van der Waals surface area (Å²) < 4.78 is 1.49. The van der Waals surface area contributed by atoms with Crippen LogP contribution in [0.3, 0.4) is 0 Å². The van der Waals surface area contributed by atoms with Crippen molar-refractivity contribution in [3.63, 3.8) is 0 Å². The highest BCUT2D eigenvalue weighted by Crippen LogP contribution is 2.25. The van der Waals surface area contributed by atoms with E-state index in [1.54, 1.807) is 31.1 Å². The Morgan fingerprint density at radius 2 is 1.88 bits per heavy atom. The van der Waals surface area contributed by atoms with Gasteiger partial charge in [0.25, 0.3) is 5.56 Å². The zero-order chi connectivity index (χ0) is 22.8. The predicted octanol–water partition coefficient (Wildman–Crippen LogP) is 3.59. The average Bonchev–Trinajstić information content (AvgIpc) is 2.80. The monoisotopic (exact) mass is 447 g/mol. The molecule has 1 N–H and O–H groups in total. The molecule has 2 aromatic heterocycles. The molecule has 0 aliphatic carbocycles. The number of amides is 1. The number of halogens is 1. The summed E-state index contributed by atoms with van der Waals surface area (Å²) in [6.07, 6.45) is 1.50. The van der Waals surface area contributed by atoms with E-state index in [1.807, 2.05) is 49.4 Å². The van der Waals surface area contributed by atoms with E-state index in [0.29, 0.717) is 27.6 Å². The molecule has 0 atom stereocenters. The van der Waals surface area contributed by atoms with Crippen LogP contribution in [-0.2, 0) is 4.79 Å². The van der Waals surface area contributed by atoms with Gasteiger partial charge in [0.05, 0.1) is 22.5 Å². The Morgan fingerprint density at radius 1 is 1.12 bits per heavy atom. The van der Waals surface area contributed by atoms with Gasteiger partial charge in [-0.3, -0.25) is 9.59 Å². The maximum absolute atomic E-state index is 13.5. The predicted molar refractivity (Wildman–Crippen MR) is 128 cm³/mol. The average molecular weight is 448 g/mol. The Bertz CT molecular complexity index is 1350. The van der Waals surface area contributed by atoms with Gasteiger partial charge in [0.15, 0.2) is 0 Å². The van der Waals surface area contributed by atoms with E-state index in [9.17, 15) is 9.59 Å². The molecule has 4 rings (SSSR count). The number of pyridine rings is 1. The molecule has 0 spiro atoms. The number of hydrogen-bond acceptors (Lipinski definition) is 5. The van der Waals surface area contributed by atoms with Gasteiger partial charge < -0.3 is 10.2 Å². The Kier molecular flexibility index (Phi) is 6.03. The summed E-state index contributed by atoms with van der Waals surface area (Å²) in [5.41, 5.74) is 2.82. The minimum absolute atomic E-state index is 0.0540. The molecule has 0 aliphatic rings. The van der Waals surface area contributed by atoms with Crippen molar-refractivity contribution in [3.05, 3.63) is 81.7 Å². The number of likely N-dealkylation sites (N-methyl/N-ethyl adjacent to an activating group) is 2. The minimum atomic E-state index is -0.214. The van der Waals surface area contributed by atoms with Crippen molar-refractivity contribution in [2.75, 3.05) is 25.5 Å². The molecule has 0 radical (unpaired) electrons. The Morgan fingerprint density at radius 3 is 2.53 bits per heavy atom. The van der Waals surface area contributed by atoms with Crippen LogP contribution in [0.2, 0.25) is 5.02 Å². The first-order valence-corrected chi connectivity index (χ1v) is 10.4. The summed E-state index contributed by atoms with van der Waals surface area (Å²) in [5, 5.41) is 3.85. The second kappa shape index (κ2) is 8.90. The fourth-order valence-electron chi connectivity index (χ4n) is 3.45. The number of carbonyl (C=O) groups excluding carboxylic acids is 1. The highest BCUT2D eigenvalue weighted by molar-refractivity contribution is 6.30. The summed E-state index contributed by atoms with van der Waals surface area (Å²) >= 11 is 6.00. The number of benzene rings is 2. The van der Waals surface area contributed by atoms with E-state index in [-0.39, 0.29) is 18.0 Å². The van der Waals surface area contributed by atoms with Crippen molar-refractivity contribution < 1.29 is 4.79 Å². The lowest BCUT2D eigenvalue weighted by Gasteiger charge is -2.18. The summed E-state index contributed by atoms with van der Waals surface area (Å²) in [4.78, 5) is 36.4. The number of hydrogen-bond donors (Lipinski definition) is 1. The van der Waals surface area contributed by atoms with E-state index in [1.165, 1.54) is 10.8 Å². The summed E-state index contributed by atoms with van der Waals surface area (Å²) in [5.74, 6) is 0.828.